The quantitative estimate of drug-likeness (QED) is 0.712. The zero-order chi connectivity index (χ0) is 11.6. The van der Waals surface area contributed by atoms with E-state index in [9.17, 15) is 9.59 Å². The number of allylic oxidation sites excluding steroid dienone is 2. The second-order valence-corrected chi connectivity index (χ2v) is 4.85. The highest BCUT2D eigenvalue weighted by Gasteiger charge is 2.27. The molecule has 2 nitrogen and oxygen atoms in total. The smallest absolute Gasteiger partial charge is 0.161 e. The third kappa shape index (κ3) is 2.55. The second-order valence-electron chi connectivity index (χ2n) is 4.85. The van der Waals surface area contributed by atoms with Gasteiger partial charge in [0, 0.05) is 23.0 Å². The fourth-order valence-corrected chi connectivity index (χ4v) is 1.98. The van der Waals surface area contributed by atoms with E-state index in [2.05, 4.69) is 0 Å². The zero-order valence-corrected chi connectivity index (χ0v) is 10.1. The number of Topliss-reactive ketones (excluding diaryl/α,β-unsaturated/α-hetero) is 2. The summed E-state index contributed by atoms with van der Waals surface area (Å²) >= 11 is 0. The summed E-state index contributed by atoms with van der Waals surface area (Å²) in [5.41, 5.74) is 1.62. The molecule has 0 aromatic rings. The van der Waals surface area contributed by atoms with Crippen molar-refractivity contribution >= 4 is 11.6 Å². The molecule has 1 rings (SSSR count). The highest BCUT2D eigenvalue weighted by molar-refractivity contribution is 6.08. The van der Waals surface area contributed by atoms with Gasteiger partial charge in [-0.25, -0.2) is 0 Å². The third-order valence-corrected chi connectivity index (χ3v) is 2.86. The molecule has 0 spiro atoms. The van der Waals surface area contributed by atoms with E-state index in [-0.39, 0.29) is 23.4 Å². The van der Waals surface area contributed by atoms with Gasteiger partial charge in [0.05, 0.1) is 0 Å². The summed E-state index contributed by atoms with van der Waals surface area (Å²) in [5, 5.41) is 0. The number of ketones is 2. The van der Waals surface area contributed by atoms with Crippen molar-refractivity contribution < 1.29 is 9.59 Å². The topological polar surface area (TPSA) is 34.1 Å². The van der Waals surface area contributed by atoms with Gasteiger partial charge in [0.2, 0.25) is 0 Å². The van der Waals surface area contributed by atoms with Crippen LogP contribution in [0.2, 0.25) is 0 Å². The van der Waals surface area contributed by atoms with Crippen LogP contribution < -0.4 is 0 Å². The maximum Gasteiger partial charge on any atom is 0.161 e. The number of rotatable bonds is 4. The van der Waals surface area contributed by atoms with Crippen LogP contribution in [0.5, 0.6) is 0 Å². The summed E-state index contributed by atoms with van der Waals surface area (Å²) < 4.78 is 0. The minimum atomic E-state index is 0.00747. The Labute approximate surface area is 91.7 Å². The molecule has 0 radical (unpaired) electrons. The molecule has 84 valence electrons. The van der Waals surface area contributed by atoms with Crippen LogP contribution in [0.3, 0.4) is 0 Å². The molecule has 0 saturated carbocycles. The normalized spacial score (nSPS) is 16.7. The maximum atomic E-state index is 11.9. The predicted octanol–water partition coefficient (Wildman–Crippen LogP) is 2.92. The molecular weight excluding hydrogens is 188 g/mol. The van der Waals surface area contributed by atoms with Crippen molar-refractivity contribution in [3.05, 3.63) is 11.1 Å². The Bertz CT molecular complexity index is 278. The van der Waals surface area contributed by atoms with Gasteiger partial charge in [0.15, 0.2) is 11.6 Å². The monoisotopic (exact) mass is 208 g/mol. The minimum Gasteiger partial charge on any atom is -0.294 e. The van der Waals surface area contributed by atoms with Gasteiger partial charge in [0.25, 0.3) is 0 Å². The van der Waals surface area contributed by atoms with Crippen LogP contribution in [0.4, 0.5) is 0 Å². The highest BCUT2D eigenvalue weighted by atomic mass is 16.1. The Morgan fingerprint density at radius 1 is 0.867 bits per heavy atom. The molecule has 0 aromatic heterocycles. The van der Waals surface area contributed by atoms with Crippen LogP contribution >= 0.6 is 0 Å². The van der Waals surface area contributed by atoms with E-state index in [0.717, 1.165) is 30.4 Å². The first-order valence-corrected chi connectivity index (χ1v) is 5.75. The number of carbonyl (C=O) groups excluding carboxylic acids is 2. The molecule has 0 bridgehead atoms. The first-order chi connectivity index (χ1) is 6.95. The molecule has 0 unspecified atom stereocenters. The summed E-state index contributed by atoms with van der Waals surface area (Å²) in [6, 6.07) is 0. The Kier molecular flexibility index (Phi) is 3.83. The van der Waals surface area contributed by atoms with E-state index >= 15 is 0 Å². The van der Waals surface area contributed by atoms with Gasteiger partial charge in [-0.2, -0.15) is 0 Å². The molecule has 0 aromatic carbocycles. The van der Waals surface area contributed by atoms with E-state index in [1.54, 1.807) is 0 Å². The second kappa shape index (κ2) is 4.73. The van der Waals surface area contributed by atoms with Gasteiger partial charge in [-0.3, -0.25) is 9.59 Å². The van der Waals surface area contributed by atoms with Crippen LogP contribution in [-0.2, 0) is 9.59 Å². The minimum absolute atomic E-state index is 0.00747. The molecule has 0 saturated heterocycles. The maximum absolute atomic E-state index is 11.9. The van der Waals surface area contributed by atoms with Gasteiger partial charge >= 0.3 is 0 Å². The average molecular weight is 208 g/mol. The fraction of sp³-hybridized carbons (Fsp3) is 0.692. The van der Waals surface area contributed by atoms with Crippen molar-refractivity contribution in [3.63, 3.8) is 0 Å². The molecular formula is C13H20O2. The Morgan fingerprint density at radius 3 is 1.47 bits per heavy atom. The first kappa shape index (κ1) is 12.2. The van der Waals surface area contributed by atoms with Crippen molar-refractivity contribution in [3.8, 4) is 0 Å². The van der Waals surface area contributed by atoms with Gasteiger partial charge in [-0.15, -0.1) is 0 Å². The van der Waals surface area contributed by atoms with Crippen molar-refractivity contribution in [2.75, 3.05) is 0 Å². The van der Waals surface area contributed by atoms with Gasteiger partial charge < -0.3 is 0 Å². The van der Waals surface area contributed by atoms with Gasteiger partial charge in [0.1, 0.15) is 0 Å². The summed E-state index contributed by atoms with van der Waals surface area (Å²) in [4.78, 5) is 23.7. The van der Waals surface area contributed by atoms with E-state index in [4.69, 9.17) is 0 Å². The molecule has 1 aliphatic carbocycles. The average Bonchev–Trinajstić information content (AvgIpc) is 2.63. The van der Waals surface area contributed by atoms with Crippen molar-refractivity contribution in [1.29, 1.82) is 0 Å². The van der Waals surface area contributed by atoms with Crippen molar-refractivity contribution in [2.24, 2.45) is 11.8 Å². The lowest BCUT2D eigenvalue weighted by atomic mass is 9.93. The van der Waals surface area contributed by atoms with Crippen molar-refractivity contribution in [2.45, 2.75) is 47.0 Å². The predicted molar refractivity (Wildman–Crippen MR) is 60.6 cm³/mol. The van der Waals surface area contributed by atoms with Gasteiger partial charge in [-0.05, 0) is 19.3 Å². The lowest BCUT2D eigenvalue weighted by Gasteiger charge is -2.10. The summed E-state index contributed by atoms with van der Waals surface area (Å²) in [6.07, 6.45) is 2.55. The molecule has 0 N–H and O–H groups in total. The molecule has 0 fully saturated rings. The molecule has 0 atom stereocenters. The standard InChI is InChI=1S/C13H20O2/c1-8(2)12(14)10-6-5-7-11(10)13(15)9(3)4/h8-9H,5-7H2,1-4H3. The SMILES string of the molecule is CC(C)C(=O)C1=C(C(=O)C(C)C)CCC1. The largest absolute Gasteiger partial charge is 0.294 e. The molecule has 2 heteroatoms. The van der Waals surface area contributed by atoms with E-state index < -0.39 is 0 Å². The van der Waals surface area contributed by atoms with E-state index in [1.807, 2.05) is 27.7 Å². The summed E-state index contributed by atoms with van der Waals surface area (Å²) in [7, 11) is 0. The Balaban J connectivity index is 2.97. The van der Waals surface area contributed by atoms with Crippen molar-refractivity contribution in [1.82, 2.24) is 0 Å². The summed E-state index contributed by atoms with van der Waals surface area (Å²) in [6.45, 7) is 7.58. The molecule has 0 amide bonds. The van der Waals surface area contributed by atoms with Gasteiger partial charge in [-0.1, -0.05) is 27.7 Å². The molecule has 0 aliphatic heterocycles. The number of carbonyl (C=O) groups is 2. The molecule has 1 aliphatic rings. The third-order valence-electron chi connectivity index (χ3n) is 2.86. The Hall–Kier alpha value is -0.920. The first-order valence-electron chi connectivity index (χ1n) is 5.75. The van der Waals surface area contributed by atoms with Crippen LogP contribution in [0.25, 0.3) is 0 Å². The van der Waals surface area contributed by atoms with Crippen LogP contribution in [0, 0.1) is 11.8 Å². The van der Waals surface area contributed by atoms with E-state index in [0.29, 0.717) is 0 Å². The number of hydrogen-bond acceptors (Lipinski definition) is 2. The van der Waals surface area contributed by atoms with E-state index in [1.165, 1.54) is 0 Å². The van der Waals surface area contributed by atoms with Crippen LogP contribution in [0.1, 0.15) is 47.0 Å². The fourth-order valence-electron chi connectivity index (χ4n) is 1.98. The number of hydrogen-bond donors (Lipinski definition) is 0. The lowest BCUT2D eigenvalue weighted by Crippen LogP contribution is -2.16. The lowest BCUT2D eigenvalue weighted by molar-refractivity contribution is -0.120. The highest BCUT2D eigenvalue weighted by Crippen LogP contribution is 2.30. The summed E-state index contributed by atoms with van der Waals surface area (Å²) in [5.74, 6) is 0.342. The molecule has 0 heterocycles. The zero-order valence-electron chi connectivity index (χ0n) is 10.1. The van der Waals surface area contributed by atoms with Crippen LogP contribution in [-0.4, -0.2) is 11.6 Å². The Morgan fingerprint density at radius 2 is 1.20 bits per heavy atom. The van der Waals surface area contributed by atoms with Crippen LogP contribution in [0.15, 0.2) is 11.1 Å². The molecule has 15 heavy (non-hydrogen) atoms.